The fourth-order valence-electron chi connectivity index (χ4n) is 1.45. The van der Waals surface area contributed by atoms with Gasteiger partial charge in [0.05, 0.1) is 6.54 Å². The quantitative estimate of drug-likeness (QED) is 0.539. The summed E-state index contributed by atoms with van der Waals surface area (Å²) < 4.78 is 0. The van der Waals surface area contributed by atoms with Crippen molar-refractivity contribution in [1.82, 2.24) is 9.80 Å². The molecule has 0 atom stereocenters. The molecule has 3 nitrogen and oxygen atoms in total. The number of carbonyl (C=O) groups is 1. The molecule has 0 aromatic rings. The zero-order chi connectivity index (χ0) is 13.1. The Bertz CT molecular complexity index is 264. The van der Waals surface area contributed by atoms with Gasteiger partial charge in [0.25, 0.3) is 0 Å². The van der Waals surface area contributed by atoms with Gasteiger partial charge in [0.1, 0.15) is 0 Å². The van der Waals surface area contributed by atoms with Crippen LogP contribution in [0.15, 0.2) is 50.6 Å². The molecular formula is C14H22N2O. The van der Waals surface area contributed by atoms with E-state index in [1.54, 1.807) is 29.2 Å². The Kier molecular flexibility index (Phi) is 8.69. The zero-order valence-electron chi connectivity index (χ0n) is 10.5. The number of amides is 1. The average Bonchev–Trinajstić information content (AvgIpc) is 2.29. The lowest BCUT2D eigenvalue weighted by molar-refractivity contribution is -0.131. The molecule has 3 heteroatoms. The van der Waals surface area contributed by atoms with Gasteiger partial charge in [0.2, 0.25) is 5.91 Å². The molecular weight excluding hydrogens is 212 g/mol. The van der Waals surface area contributed by atoms with E-state index >= 15 is 0 Å². The third-order valence-electron chi connectivity index (χ3n) is 2.19. The highest BCUT2D eigenvalue weighted by Gasteiger charge is 2.13. The largest absolute Gasteiger partial charge is 0.334 e. The highest BCUT2D eigenvalue weighted by molar-refractivity contribution is 5.78. The molecule has 1 amide bonds. The lowest BCUT2D eigenvalue weighted by atomic mass is 10.3. The third kappa shape index (κ3) is 6.53. The van der Waals surface area contributed by atoms with Gasteiger partial charge in [-0.15, -0.1) is 26.3 Å². The van der Waals surface area contributed by atoms with E-state index in [0.29, 0.717) is 32.7 Å². The van der Waals surface area contributed by atoms with Crippen LogP contribution >= 0.6 is 0 Å². The molecule has 0 heterocycles. The van der Waals surface area contributed by atoms with Gasteiger partial charge in [-0.05, 0) is 0 Å². The summed E-state index contributed by atoms with van der Waals surface area (Å²) in [4.78, 5) is 15.7. The summed E-state index contributed by atoms with van der Waals surface area (Å²) in [6.45, 7) is 17.4. The fraction of sp³-hybridized carbons (Fsp3) is 0.357. The first-order chi connectivity index (χ1) is 8.19. The SMILES string of the molecule is C=CCN(CC=C)CC(=O)N(CC=C)CC=C. The fourth-order valence-corrected chi connectivity index (χ4v) is 1.45. The van der Waals surface area contributed by atoms with Crippen LogP contribution in [-0.2, 0) is 4.79 Å². The second-order valence-electron chi connectivity index (χ2n) is 3.65. The summed E-state index contributed by atoms with van der Waals surface area (Å²) >= 11 is 0. The Balaban J connectivity index is 4.41. The van der Waals surface area contributed by atoms with E-state index in [1.165, 1.54) is 0 Å². The van der Waals surface area contributed by atoms with Gasteiger partial charge in [0.15, 0.2) is 0 Å². The zero-order valence-corrected chi connectivity index (χ0v) is 10.5. The van der Waals surface area contributed by atoms with E-state index in [1.807, 2.05) is 4.90 Å². The van der Waals surface area contributed by atoms with Gasteiger partial charge in [-0.3, -0.25) is 9.69 Å². The van der Waals surface area contributed by atoms with Crippen molar-refractivity contribution < 1.29 is 4.79 Å². The van der Waals surface area contributed by atoms with Gasteiger partial charge >= 0.3 is 0 Å². The molecule has 0 radical (unpaired) electrons. The molecule has 0 fully saturated rings. The molecule has 0 aromatic carbocycles. The van der Waals surface area contributed by atoms with Crippen LogP contribution in [0.5, 0.6) is 0 Å². The second kappa shape index (κ2) is 9.60. The van der Waals surface area contributed by atoms with Crippen LogP contribution in [0.3, 0.4) is 0 Å². The minimum atomic E-state index is 0.0634. The van der Waals surface area contributed by atoms with Crippen LogP contribution < -0.4 is 0 Å². The van der Waals surface area contributed by atoms with Crippen molar-refractivity contribution >= 4 is 5.91 Å². The predicted octanol–water partition coefficient (Wildman–Crippen LogP) is 1.86. The van der Waals surface area contributed by atoms with Gasteiger partial charge < -0.3 is 4.90 Å². The number of nitrogens with zero attached hydrogens (tertiary/aromatic N) is 2. The van der Waals surface area contributed by atoms with Crippen molar-refractivity contribution in [1.29, 1.82) is 0 Å². The molecule has 0 saturated carbocycles. The number of rotatable bonds is 10. The highest BCUT2D eigenvalue weighted by atomic mass is 16.2. The summed E-state index contributed by atoms with van der Waals surface area (Å²) in [6, 6.07) is 0. The van der Waals surface area contributed by atoms with E-state index in [-0.39, 0.29) is 5.91 Å². The molecule has 0 aliphatic carbocycles. The van der Waals surface area contributed by atoms with Gasteiger partial charge in [-0.2, -0.15) is 0 Å². The number of hydrogen-bond acceptors (Lipinski definition) is 2. The molecule has 94 valence electrons. The van der Waals surface area contributed by atoms with E-state index < -0.39 is 0 Å². The Labute approximate surface area is 104 Å². The van der Waals surface area contributed by atoms with Crippen LogP contribution in [0.1, 0.15) is 0 Å². The van der Waals surface area contributed by atoms with Crippen molar-refractivity contribution in [3.63, 3.8) is 0 Å². The molecule has 0 aliphatic rings. The Morgan fingerprint density at radius 1 is 0.824 bits per heavy atom. The smallest absolute Gasteiger partial charge is 0.237 e. The standard InChI is InChI=1S/C14H22N2O/c1-5-9-15(10-6-2)13-14(17)16(11-7-3)12-8-4/h5-8H,1-4,9-13H2. The Morgan fingerprint density at radius 2 is 1.24 bits per heavy atom. The average molecular weight is 234 g/mol. The molecule has 0 spiro atoms. The van der Waals surface area contributed by atoms with Crippen LogP contribution in [0.2, 0.25) is 0 Å². The molecule has 0 aliphatic heterocycles. The lowest BCUT2D eigenvalue weighted by Gasteiger charge is -2.24. The minimum Gasteiger partial charge on any atom is -0.334 e. The van der Waals surface area contributed by atoms with Crippen molar-refractivity contribution in [2.75, 3.05) is 32.7 Å². The topological polar surface area (TPSA) is 23.6 Å². The summed E-state index contributed by atoms with van der Waals surface area (Å²) in [5, 5.41) is 0. The maximum absolute atomic E-state index is 12.0. The first-order valence-corrected chi connectivity index (χ1v) is 5.63. The van der Waals surface area contributed by atoms with E-state index in [2.05, 4.69) is 26.3 Å². The summed E-state index contributed by atoms with van der Waals surface area (Å²) in [5.74, 6) is 0.0634. The summed E-state index contributed by atoms with van der Waals surface area (Å²) in [6.07, 6.45) is 6.99. The Morgan fingerprint density at radius 3 is 1.59 bits per heavy atom. The van der Waals surface area contributed by atoms with Crippen molar-refractivity contribution in [3.05, 3.63) is 50.6 Å². The lowest BCUT2D eigenvalue weighted by Crippen LogP contribution is -2.40. The van der Waals surface area contributed by atoms with E-state index in [4.69, 9.17) is 0 Å². The first-order valence-electron chi connectivity index (χ1n) is 5.63. The third-order valence-corrected chi connectivity index (χ3v) is 2.19. The van der Waals surface area contributed by atoms with Crippen LogP contribution in [0.25, 0.3) is 0 Å². The molecule has 0 saturated heterocycles. The van der Waals surface area contributed by atoms with E-state index in [9.17, 15) is 4.79 Å². The maximum Gasteiger partial charge on any atom is 0.237 e. The molecule has 0 aromatic heterocycles. The molecule has 0 rings (SSSR count). The Hall–Kier alpha value is -1.61. The summed E-state index contributed by atoms with van der Waals surface area (Å²) in [5.41, 5.74) is 0. The van der Waals surface area contributed by atoms with Crippen molar-refractivity contribution in [2.45, 2.75) is 0 Å². The normalized spacial score (nSPS) is 9.71. The van der Waals surface area contributed by atoms with Crippen LogP contribution in [-0.4, -0.2) is 48.4 Å². The van der Waals surface area contributed by atoms with Gasteiger partial charge in [-0.1, -0.05) is 24.3 Å². The first kappa shape index (κ1) is 15.4. The molecule has 0 unspecified atom stereocenters. The molecule has 0 N–H and O–H groups in total. The van der Waals surface area contributed by atoms with Gasteiger partial charge in [-0.25, -0.2) is 0 Å². The highest BCUT2D eigenvalue weighted by Crippen LogP contribution is 1.96. The summed E-state index contributed by atoms with van der Waals surface area (Å²) in [7, 11) is 0. The minimum absolute atomic E-state index is 0.0634. The number of hydrogen-bond donors (Lipinski definition) is 0. The predicted molar refractivity (Wildman–Crippen MR) is 73.8 cm³/mol. The van der Waals surface area contributed by atoms with Crippen molar-refractivity contribution in [3.8, 4) is 0 Å². The van der Waals surface area contributed by atoms with Crippen molar-refractivity contribution in [2.24, 2.45) is 0 Å². The van der Waals surface area contributed by atoms with Gasteiger partial charge in [0, 0.05) is 26.2 Å². The van der Waals surface area contributed by atoms with Crippen LogP contribution in [0.4, 0.5) is 0 Å². The molecule has 17 heavy (non-hydrogen) atoms. The number of carbonyl (C=O) groups excluding carboxylic acids is 1. The monoisotopic (exact) mass is 234 g/mol. The van der Waals surface area contributed by atoms with E-state index in [0.717, 1.165) is 0 Å². The maximum atomic E-state index is 12.0. The second-order valence-corrected chi connectivity index (χ2v) is 3.65. The van der Waals surface area contributed by atoms with Crippen LogP contribution in [0, 0.1) is 0 Å². The molecule has 0 bridgehead atoms.